The van der Waals surface area contributed by atoms with Crippen LogP contribution in [0.25, 0.3) is 0 Å². The van der Waals surface area contributed by atoms with E-state index in [0.29, 0.717) is 6.61 Å². The summed E-state index contributed by atoms with van der Waals surface area (Å²) in [6.45, 7) is 1.27. The summed E-state index contributed by atoms with van der Waals surface area (Å²) in [6, 6.07) is 7.60. The topological polar surface area (TPSA) is 55.6 Å². The summed E-state index contributed by atoms with van der Waals surface area (Å²) in [5, 5.41) is 0. The second-order valence-corrected chi connectivity index (χ2v) is 4.13. The molecule has 0 amide bonds. The van der Waals surface area contributed by atoms with E-state index in [4.69, 9.17) is 10.5 Å². The van der Waals surface area contributed by atoms with Crippen LogP contribution in [0.1, 0.15) is 12.0 Å². The van der Waals surface area contributed by atoms with Crippen molar-refractivity contribution in [2.24, 2.45) is 0 Å². The van der Waals surface area contributed by atoms with Crippen LogP contribution < -0.4 is 5.73 Å². The number of hydrogen-bond donors (Lipinski definition) is 1. The zero-order chi connectivity index (χ0) is 11.5. The molecule has 16 heavy (non-hydrogen) atoms. The molecule has 1 heterocycles. The molecule has 1 aliphatic rings. The van der Waals surface area contributed by atoms with Crippen LogP contribution >= 0.6 is 0 Å². The van der Waals surface area contributed by atoms with Gasteiger partial charge < -0.3 is 10.5 Å². The average Bonchev–Trinajstić information content (AvgIpc) is 2.68. The fourth-order valence-electron chi connectivity index (χ4n) is 1.91. The number of benzene rings is 1. The molecule has 2 N–H and O–H groups in total. The van der Waals surface area contributed by atoms with E-state index in [0.717, 1.165) is 24.2 Å². The third-order valence-electron chi connectivity index (χ3n) is 2.85. The summed E-state index contributed by atoms with van der Waals surface area (Å²) in [6.07, 6.45) is 0.782. The summed E-state index contributed by atoms with van der Waals surface area (Å²) >= 11 is 0. The first-order chi connectivity index (χ1) is 7.66. The molecule has 0 spiro atoms. The minimum absolute atomic E-state index is 0.0995. The molecule has 1 unspecified atom stereocenters. The summed E-state index contributed by atoms with van der Waals surface area (Å²) in [5.74, 6) is -0.113. The number of nitrogen functional groups attached to an aromatic ring is 1. The Hall–Kier alpha value is -1.55. The first-order valence-electron chi connectivity index (χ1n) is 5.38. The Kier molecular flexibility index (Phi) is 3.10. The number of ether oxygens (including phenoxy) is 1. The SMILES string of the molecule is CN(Cc1ccc(N)cc1)C1CCOC1=O. The number of nitrogens with two attached hydrogens (primary N) is 1. The van der Waals surface area contributed by atoms with Crippen LogP contribution in [0, 0.1) is 0 Å². The van der Waals surface area contributed by atoms with Crippen LogP contribution in [0.4, 0.5) is 5.69 Å². The first kappa shape index (κ1) is 11.0. The van der Waals surface area contributed by atoms with Gasteiger partial charge in [-0.2, -0.15) is 0 Å². The smallest absolute Gasteiger partial charge is 0.323 e. The second kappa shape index (κ2) is 4.53. The summed E-state index contributed by atoms with van der Waals surface area (Å²) < 4.78 is 4.94. The number of rotatable bonds is 3. The van der Waals surface area contributed by atoms with Crippen LogP contribution in [0.3, 0.4) is 0 Å². The monoisotopic (exact) mass is 220 g/mol. The highest BCUT2D eigenvalue weighted by Crippen LogP contribution is 2.15. The largest absolute Gasteiger partial charge is 0.464 e. The van der Waals surface area contributed by atoms with Gasteiger partial charge in [-0.1, -0.05) is 12.1 Å². The van der Waals surface area contributed by atoms with Crippen molar-refractivity contribution in [1.29, 1.82) is 0 Å². The van der Waals surface area contributed by atoms with Crippen LogP contribution in [-0.4, -0.2) is 30.6 Å². The van der Waals surface area contributed by atoms with Crippen molar-refractivity contribution in [1.82, 2.24) is 4.90 Å². The van der Waals surface area contributed by atoms with E-state index >= 15 is 0 Å². The Bertz CT molecular complexity index is 375. The molecule has 0 bridgehead atoms. The molecule has 4 heteroatoms. The molecule has 0 saturated carbocycles. The van der Waals surface area contributed by atoms with Crippen LogP contribution in [0.2, 0.25) is 0 Å². The molecule has 2 rings (SSSR count). The number of esters is 1. The van der Waals surface area contributed by atoms with Crippen molar-refractivity contribution in [3.05, 3.63) is 29.8 Å². The van der Waals surface area contributed by atoms with E-state index in [1.165, 1.54) is 0 Å². The Morgan fingerprint density at radius 3 is 2.69 bits per heavy atom. The molecule has 86 valence electrons. The summed E-state index contributed by atoms with van der Waals surface area (Å²) in [4.78, 5) is 13.4. The van der Waals surface area contributed by atoms with Gasteiger partial charge in [-0.3, -0.25) is 9.69 Å². The van der Waals surface area contributed by atoms with Crippen molar-refractivity contribution < 1.29 is 9.53 Å². The van der Waals surface area contributed by atoms with E-state index in [9.17, 15) is 4.79 Å². The van der Waals surface area contributed by atoms with Gasteiger partial charge in [-0.25, -0.2) is 0 Å². The Morgan fingerprint density at radius 2 is 2.12 bits per heavy atom. The van der Waals surface area contributed by atoms with Crippen LogP contribution in [0.15, 0.2) is 24.3 Å². The predicted molar refractivity (Wildman–Crippen MR) is 61.7 cm³/mol. The van der Waals surface area contributed by atoms with Gasteiger partial charge in [0.1, 0.15) is 6.04 Å². The predicted octanol–water partition coefficient (Wildman–Crippen LogP) is 1.02. The maximum absolute atomic E-state index is 11.4. The van der Waals surface area contributed by atoms with Crippen LogP contribution in [-0.2, 0) is 16.1 Å². The highest BCUT2D eigenvalue weighted by Gasteiger charge is 2.29. The Labute approximate surface area is 95.0 Å². The van der Waals surface area contributed by atoms with Gasteiger partial charge >= 0.3 is 5.97 Å². The number of carbonyl (C=O) groups excluding carboxylic acids is 1. The number of hydrogen-bond acceptors (Lipinski definition) is 4. The Balaban J connectivity index is 1.98. The molecular weight excluding hydrogens is 204 g/mol. The van der Waals surface area contributed by atoms with Gasteiger partial charge in [0, 0.05) is 18.7 Å². The second-order valence-electron chi connectivity index (χ2n) is 4.13. The van der Waals surface area contributed by atoms with E-state index in [1.54, 1.807) is 0 Å². The lowest BCUT2D eigenvalue weighted by atomic mass is 10.1. The number of cyclic esters (lactones) is 1. The Morgan fingerprint density at radius 1 is 1.44 bits per heavy atom. The maximum Gasteiger partial charge on any atom is 0.323 e. The minimum atomic E-state index is -0.113. The van der Waals surface area contributed by atoms with Crippen LogP contribution in [0.5, 0.6) is 0 Å². The zero-order valence-electron chi connectivity index (χ0n) is 9.35. The third-order valence-corrected chi connectivity index (χ3v) is 2.85. The van der Waals surface area contributed by atoms with Gasteiger partial charge in [0.15, 0.2) is 0 Å². The highest BCUT2D eigenvalue weighted by atomic mass is 16.5. The summed E-state index contributed by atoms with van der Waals surface area (Å²) in [7, 11) is 1.94. The highest BCUT2D eigenvalue weighted by molar-refractivity contribution is 5.77. The maximum atomic E-state index is 11.4. The van der Waals surface area contributed by atoms with Crippen molar-refractivity contribution in [3.8, 4) is 0 Å². The minimum Gasteiger partial charge on any atom is -0.464 e. The number of anilines is 1. The van der Waals surface area contributed by atoms with E-state index in [-0.39, 0.29) is 12.0 Å². The quantitative estimate of drug-likeness (QED) is 0.610. The molecule has 0 aromatic heterocycles. The lowest BCUT2D eigenvalue weighted by Gasteiger charge is -2.20. The number of carbonyl (C=O) groups is 1. The lowest BCUT2D eigenvalue weighted by molar-refractivity contribution is -0.142. The molecule has 1 fully saturated rings. The fourth-order valence-corrected chi connectivity index (χ4v) is 1.91. The third kappa shape index (κ3) is 2.33. The van der Waals surface area contributed by atoms with Crippen molar-refractivity contribution >= 4 is 11.7 Å². The normalized spacial score (nSPS) is 20.1. The van der Waals surface area contributed by atoms with Gasteiger partial charge in [-0.05, 0) is 24.7 Å². The van der Waals surface area contributed by atoms with E-state index < -0.39 is 0 Å². The van der Waals surface area contributed by atoms with E-state index in [2.05, 4.69) is 0 Å². The van der Waals surface area contributed by atoms with Gasteiger partial charge in [0.2, 0.25) is 0 Å². The summed E-state index contributed by atoms with van der Waals surface area (Å²) in [5.41, 5.74) is 7.52. The van der Waals surface area contributed by atoms with Gasteiger partial charge in [0.05, 0.1) is 6.61 Å². The van der Waals surface area contributed by atoms with Crippen molar-refractivity contribution in [2.45, 2.75) is 19.0 Å². The zero-order valence-corrected chi connectivity index (χ0v) is 9.35. The molecule has 1 saturated heterocycles. The molecule has 1 aromatic rings. The number of nitrogens with zero attached hydrogens (tertiary/aromatic N) is 1. The number of likely N-dealkylation sites (N-methyl/N-ethyl adjacent to an activating group) is 1. The van der Waals surface area contributed by atoms with Crippen molar-refractivity contribution in [2.75, 3.05) is 19.4 Å². The molecule has 1 atom stereocenters. The lowest BCUT2D eigenvalue weighted by Crippen LogP contribution is -2.34. The van der Waals surface area contributed by atoms with Gasteiger partial charge in [-0.15, -0.1) is 0 Å². The molecular formula is C12H16N2O2. The fraction of sp³-hybridized carbons (Fsp3) is 0.417. The molecule has 0 aliphatic carbocycles. The first-order valence-corrected chi connectivity index (χ1v) is 5.38. The molecule has 1 aromatic carbocycles. The average molecular weight is 220 g/mol. The van der Waals surface area contributed by atoms with Gasteiger partial charge in [0.25, 0.3) is 0 Å². The van der Waals surface area contributed by atoms with E-state index in [1.807, 2.05) is 36.2 Å². The standard InChI is InChI=1S/C12H16N2O2/c1-14(11-6-7-16-12(11)15)8-9-2-4-10(13)5-3-9/h2-5,11H,6-8,13H2,1H3. The molecule has 4 nitrogen and oxygen atoms in total. The van der Waals surface area contributed by atoms with Crippen molar-refractivity contribution in [3.63, 3.8) is 0 Å². The molecule has 0 radical (unpaired) electrons. The molecule has 1 aliphatic heterocycles.